The summed E-state index contributed by atoms with van der Waals surface area (Å²) in [5, 5.41) is 21.4. The average Bonchev–Trinajstić information content (AvgIpc) is 2.74. The molecular weight excluding hydrogens is 348 g/mol. The molecule has 1 fully saturated rings. The van der Waals surface area contributed by atoms with Crippen LogP contribution in [0.5, 0.6) is 0 Å². The number of pyridine rings is 1. The Balaban J connectivity index is 1.69. The highest BCUT2D eigenvalue weighted by molar-refractivity contribution is 5.84. The van der Waals surface area contributed by atoms with Gasteiger partial charge in [0.2, 0.25) is 0 Å². The standard InChI is InChI=1S/C24H28N2O2/c1-18-7-5-10-20-13-21(15-27)23(25-22(18)20)26-12-6-11-24(16-26,17-28)14-19-8-3-2-4-9-19/h2-5,7-10,13,27-28H,6,11-12,14-17H2,1H3/t24-/m1/s1. The average molecular weight is 377 g/mol. The van der Waals surface area contributed by atoms with Gasteiger partial charge in [0.25, 0.3) is 0 Å². The van der Waals surface area contributed by atoms with Crippen molar-refractivity contribution >= 4 is 16.7 Å². The Kier molecular flexibility index (Phi) is 5.33. The fraction of sp³-hybridized carbons (Fsp3) is 0.375. The lowest BCUT2D eigenvalue weighted by Gasteiger charge is -2.43. The van der Waals surface area contributed by atoms with Gasteiger partial charge in [0.15, 0.2) is 0 Å². The van der Waals surface area contributed by atoms with Gasteiger partial charge >= 0.3 is 0 Å². The van der Waals surface area contributed by atoms with Gasteiger partial charge in [-0.25, -0.2) is 4.98 Å². The molecule has 0 spiro atoms. The predicted octanol–water partition coefficient (Wildman–Crippen LogP) is 3.86. The molecule has 1 aromatic heterocycles. The molecule has 2 heterocycles. The number of fused-ring (bicyclic) bond motifs is 1. The third-order valence-corrected chi connectivity index (χ3v) is 5.99. The molecule has 3 aromatic rings. The van der Waals surface area contributed by atoms with E-state index in [1.165, 1.54) is 5.56 Å². The molecule has 0 amide bonds. The van der Waals surface area contributed by atoms with Crippen LogP contribution in [-0.4, -0.2) is 34.9 Å². The van der Waals surface area contributed by atoms with Crippen molar-refractivity contribution in [3.8, 4) is 0 Å². The summed E-state index contributed by atoms with van der Waals surface area (Å²) in [6, 6.07) is 18.6. The number of nitrogens with zero attached hydrogens (tertiary/aromatic N) is 2. The number of piperidine rings is 1. The van der Waals surface area contributed by atoms with Gasteiger partial charge in [-0.05, 0) is 43.4 Å². The molecule has 4 nitrogen and oxygen atoms in total. The van der Waals surface area contributed by atoms with E-state index in [9.17, 15) is 10.2 Å². The fourth-order valence-corrected chi connectivity index (χ4v) is 4.52. The van der Waals surface area contributed by atoms with Crippen LogP contribution in [0.4, 0.5) is 5.82 Å². The van der Waals surface area contributed by atoms with E-state index in [2.05, 4.69) is 48.2 Å². The van der Waals surface area contributed by atoms with Crippen LogP contribution < -0.4 is 4.90 Å². The molecule has 0 aliphatic carbocycles. The highest BCUT2D eigenvalue weighted by atomic mass is 16.3. The van der Waals surface area contributed by atoms with E-state index in [4.69, 9.17) is 4.98 Å². The third kappa shape index (κ3) is 3.62. The lowest BCUT2D eigenvalue weighted by molar-refractivity contribution is 0.105. The molecule has 0 radical (unpaired) electrons. The number of hydrogen-bond acceptors (Lipinski definition) is 4. The van der Waals surface area contributed by atoms with Crippen molar-refractivity contribution in [2.75, 3.05) is 24.6 Å². The number of rotatable bonds is 5. The molecule has 4 rings (SSSR count). The Morgan fingerprint density at radius 1 is 1.07 bits per heavy atom. The summed E-state index contributed by atoms with van der Waals surface area (Å²) in [5.41, 5.74) is 4.04. The zero-order valence-corrected chi connectivity index (χ0v) is 16.4. The highest BCUT2D eigenvalue weighted by Gasteiger charge is 2.36. The summed E-state index contributed by atoms with van der Waals surface area (Å²) in [6.07, 6.45) is 2.85. The topological polar surface area (TPSA) is 56.6 Å². The lowest BCUT2D eigenvalue weighted by Crippen LogP contribution is -2.47. The molecule has 0 unspecified atom stereocenters. The summed E-state index contributed by atoms with van der Waals surface area (Å²) in [5.74, 6) is 0.856. The summed E-state index contributed by atoms with van der Waals surface area (Å²) in [6.45, 7) is 3.83. The van der Waals surface area contributed by atoms with Crippen LogP contribution in [0, 0.1) is 12.3 Å². The fourth-order valence-electron chi connectivity index (χ4n) is 4.52. The Hall–Kier alpha value is -2.43. The summed E-state index contributed by atoms with van der Waals surface area (Å²) < 4.78 is 0. The van der Waals surface area contributed by atoms with Crippen molar-refractivity contribution in [3.05, 3.63) is 71.3 Å². The van der Waals surface area contributed by atoms with Crippen molar-refractivity contribution < 1.29 is 10.2 Å². The minimum Gasteiger partial charge on any atom is -0.396 e. The SMILES string of the molecule is Cc1cccc2cc(CO)c(N3CCC[C@@](CO)(Cc4ccccc4)C3)nc12. The van der Waals surface area contributed by atoms with Crippen LogP contribution in [-0.2, 0) is 13.0 Å². The van der Waals surface area contributed by atoms with E-state index in [0.717, 1.165) is 60.2 Å². The number of aromatic nitrogens is 1. The van der Waals surface area contributed by atoms with E-state index in [1.54, 1.807) is 0 Å². The Morgan fingerprint density at radius 3 is 2.64 bits per heavy atom. The predicted molar refractivity (Wildman–Crippen MR) is 114 cm³/mol. The first-order chi connectivity index (χ1) is 13.6. The molecule has 0 bridgehead atoms. The maximum Gasteiger partial charge on any atom is 0.134 e. The highest BCUT2D eigenvalue weighted by Crippen LogP contribution is 2.37. The number of para-hydroxylation sites is 1. The smallest absolute Gasteiger partial charge is 0.134 e. The summed E-state index contributed by atoms with van der Waals surface area (Å²) in [7, 11) is 0. The van der Waals surface area contributed by atoms with Gasteiger partial charge in [0.1, 0.15) is 5.82 Å². The van der Waals surface area contributed by atoms with Gasteiger partial charge in [-0.3, -0.25) is 0 Å². The van der Waals surface area contributed by atoms with E-state index in [0.29, 0.717) is 0 Å². The maximum absolute atomic E-state index is 10.3. The molecular formula is C24H28N2O2. The van der Waals surface area contributed by atoms with Crippen LogP contribution in [0.15, 0.2) is 54.6 Å². The van der Waals surface area contributed by atoms with Gasteiger partial charge in [0, 0.05) is 29.5 Å². The van der Waals surface area contributed by atoms with Crippen LogP contribution in [0.2, 0.25) is 0 Å². The van der Waals surface area contributed by atoms with Crippen LogP contribution in [0.25, 0.3) is 10.9 Å². The number of aliphatic hydroxyl groups is 2. The van der Waals surface area contributed by atoms with Crippen molar-refractivity contribution in [1.82, 2.24) is 4.98 Å². The molecule has 146 valence electrons. The van der Waals surface area contributed by atoms with Crippen LogP contribution in [0.1, 0.15) is 29.5 Å². The van der Waals surface area contributed by atoms with Gasteiger partial charge < -0.3 is 15.1 Å². The quantitative estimate of drug-likeness (QED) is 0.710. The normalized spacial score (nSPS) is 19.9. The van der Waals surface area contributed by atoms with Crippen molar-refractivity contribution in [2.24, 2.45) is 5.41 Å². The van der Waals surface area contributed by atoms with Crippen LogP contribution in [0.3, 0.4) is 0 Å². The first-order valence-corrected chi connectivity index (χ1v) is 10.0. The minimum absolute atomic E-state index is 0.0342. The Morgan fingerprint density at radius 2 is 1.89 bits per heavy atom. The second-order valence-corrected chi connectivity index (χ2v) is 8.12. The second-order valence-electron chi connectivity index (χ2n) is 8.12. The van der Waals surface area contributed by atoms with Crippen molar-refractivity contribution in [1.29, 1.82) is 0 Å². The molecule has 4 heteroatoms. The molecule has 2 aromatic carbocycles. The maximum atomic E-state index is 10.3. The van der Waals surface area contributed by atoms with E-state index < -0.39 is 0 Å². The van der Waals surface area contributed by atoms with Gasteiger partial charge in [0.05, 0.1) is 18.7 Å². The lowest BCUT2D eigenvalue weighted by atomic mass is 9.75. The second kappa shape index (κ2) is 7.90. The number of aryl methyl sites for hydroxylation is 1. The number of benzene rings is 2. The largest absolute Gasteiger partial charge is 0.396 e. The first-order valence-electron chi connectivity index (χ1n) is 10.0. The molecule has 1 aliphatic heterocycles. The molecule has 2 N–H and O–H groups in total. The number of hydrogen-bond donors (Lipinski definition) is 2. The van der Waals surface area contributed by atoms with Gasteiger partial charge in [-0.1, -0.05) is 48.5 Å². The van der Waals surface area contributed by atoms with E-state index in [-0.39, 0.29) is 18.6 Å². The molecule has 1 atom stereocenters. The number of aliphatic hydroxyl groups excluding tert-OH is 2. The summed E-state index contributed by atoms with van der Waals surface area (Å²) in [4.78, 5) is 7.22. The van der Waals surface area contributed by atoms with Crippen molar-refractivity contribution in [2.45, 2.75) is 32.8 Å². The monoisotopic (exact) mass is 376 g/mol. The first kappa shape index (κ1) is 18.9. The van der Waals surface area contributed by atoms with E-state index in [1.807, 2.05) is 18.2 Å². The van der Waals surface area contributed by atoms with E-state index >= 15 is 0 Å². The summed E-state index contributed by atoms with van der Waals surface area (Å²) >= 11 is 0. The third-order valence-electron chi connectivity index (χ3n) is 5.99. The molecule has 1 saturated heterocycles. The number of anilines is 1. The zero-order valence-electron chi connectivity index (χ0n) is 16.4. The van der Waals surface area contributed by atoms with Gasteiger partial charge in [-0.15, -0.1) is 0 Å². The molecule has 28 heavy (non-hydrogen) atoms. The molecule has 0 saturated carbocycles. The minimum atomic E-state index is -0.186. The zero-order chi connectivity index (χ0) is 19.6. The van der Waals surface area contributed by atoms with Crippen molar-refractivity contribution in [3.63, 3.8) is 0 Å². The van der Waals surface area contributed by atoms with Crippen LogP contribution >= 0.6 is 0 Å². The molecule has 1 aliphatic rings. The van der Waals surface area contributed by atoms with Gasteiger partial charge in [-0.2, -0.15) is 0 Å². The Labute approximate surface area is 166 Å². The Bertz CT molecular complexity index is 957.